The number of nitrogens with zero attached hydrogens (tertiary/aromatic N) is 6. The fraction of sp³-hybridized carbons (Fsp3) is 0.412. The Morgan fingerprint density at radius 1 is 1.21 bits per heavy atom. The van der Waals surface area contributed by atoms with Crippen LogP contribution in [0.5, 0.6) is 0 Å². The molecule has 0 radical (unpaired) electrons. The highest BCUT2D eigenvalue weighted by molar-refractivity contribution is 5.81. The molecule has 0 unspecified atom stereocenters. The van der Waals surface area contributed by atoms with E-state index in [0.717, 1.165) is 41.5 Å². The van der Waals surface area contributed by atoms with Gasteiger partial charge in [0.1, 0.15) is 18.2 Å². The second-order valence-corrected chi connectivity index (χ2v) is 6.09. The number of benzene rings is 1. The van der Waals surface area contributed by atoms with E-state index in [1.54, 1.807) is 0 Å². The first-order valence-electron chi connectivity index (χ1n) is 8.28. The van der Waals surface area contributed by atoms with Crippen LogP contribution in [0, 0.1) is 6.92 Å². The van der Waals surface area contributed by atoms with Gasteiger partial charge in [0.25, 0.3) is 0 Å². The molecule has 0 spiro atoms. The normalized spacial score (nSPS) is 14.2. The van der Waals surface area contributed by atoms with Crippen LogP contribution >= 0.6 is 0 Å². The minimum absolute atomic E-state index is 0.0970. The Balaban J connectivity index is 1.59. The summed E-state index contributed by atoms with van der Waals surface area (Å²) in [7, 11) is 0. The molecule has 1 aliphatic rings. The first kappa shape index (κ1) is 14.9. The van der Waals surface area contributed by atoms with Gasteiger partial charge in [-0.2, -0.15) is 0 Å². The van der Waals surface area contributed by atoms with Gasteiger partial charge in [-0.25, -0.2) is 4.98 Å². The first-order chi connectivity index (χ1) is 11.7. The number of aryl methyl sites for hydroxylation is 2. The van der Waals surface area contributed by atoms with E-state index in [2.05, 4.69) is 26.7 Å². The summed E-state index contributed by atoms with van der Waals surface area (Å²) in [5.41, 5.74) is 1.95. The van der Waals surface area contributed by atoms with Crippen LogP contribution in [0.1, 0.15) is 24.4 Å². The average Bonchev–Trinajstić information content (AvgIpc) is 3.15. The highest BCUT2D eigenvalue weighted by atomic mass is 16.2. The molecular weight excluding hydrogens is 304 g/mol. The topological polar surface area (TPSA) is 68.8 Å². The molecule has 3 aromatic rings. The van der Waals surface area contributed by atoms with Gasteiger partial charge in [0.05, 0.1) is 17.6 Å². The number of para-hydroxylation sites is 2. The van der Waals surface area contributed by atoms with E-state index in [-0.39, 0.29) is 5.91 Å². The molecule has 7 heteroatoms. The molecule has 0 saturated heterocycles. The maximum atomic E-state index is 12.8. The predicted molar refractivity (Wildman–Crippen MR) is 89.3 cm³/mol. The number of fused-ring (bicyclic) bond motifs is 2. The molecule has 1 aliphatic heterocycles. The fourth-order valence-electron chi connectivity index (χ4n) is 3.32. The van der Waals surface area contributed by atoms with Crippen LogP contribution < -0.4 is 0 Å². The number of carbonyl (C=O) groups is 1. The highest BCUT2D eigenvalue weighted by Gasteiger charge is 2.24. The van der Waals surface area contributed by atoms with Crippen LogP contribution in [-0.2, 0) is 30.8 Å². The lowest BCUT2D eigenvalue weighted by Gasteiger charge is -2.28. The highest BCUT2D eigenvalue weighted by Crippen LogP contribution is 2.18. The van der Waals surface area contributed by atoms with Crippen LogP contribution in [-0.4, -0.2) is 41.7 Å². The van der Waals surface area contributed by atoms with Gasteiger partial charge < -0.3 is 14.0 Å². The minimum atomic E-state index is 0.0970. The summed E-state index contributed by atoms with van der Waals surface area (Å²) in [4.78, 5) is 19.3. The monoisotopic (exact) mass is 324 g/mol. The molecule has 0 saturated carbocycles. The molecule has 0 fully saturated rings. The smallest absolute Gasteiger partial charge is 0.243 e. The van der Waals surface area contributed by atoms with Gasteiger partial charge in [-0.15, -0.1) is 10.2 Å². The lowest BCUT2D eigenvalue weighted by molar-refractivity contribution is -0.133. The number of hydrogen-bond donors (Lipinski definition) is 0. The number of aromatic nitrogens is 5. The van der Waals surface area contributed by atoms with Crippen molar-refractivity contribution in [3.8, 4) is 0 Å². The molecule has 1 aromatic carbocycles. The van der Waals surface area contributed by atoms with Gasteiger partial charge in [0.15, 0.2) is 5.82 Å². The van der Waals surface area contributed by atoms with E-state index in [9.17, 15) is 4.79 Å². The Labute approximate surface area is 139 Å². The fourth-order valence-corrected chi connectivity index (χ4v) is 3.32. The Morgan fingerprint density at radius 3 is 2.88 bits per heavy atom. The summed E-state index contributed by atoms with van der Waals surface area (Å²) < 4.78 is 4.11. The molecule has 2 aromatic heterocycles. The van der Waals surface area contributed by atoms with Crippen molar-refractivity contribution in [1.29, 1.82) is 0 Å². The second-order valence-electron chi connectivity index (χ2n) is 6.09. The van der Waals surface area contributed by atoms with E-state index >= 15 is 0 Å². The first-order valence-corrected chi connectivity index (χ1v) is 8.28. The third-order valence-corrected chi connectivity index (χ3v) is 4.63. The van der Waals surface area contributed by atoms with Crippen molar-refractivity contribution in [3.63, 3.8) is 0 Å². The quantitative estimate of drug-likeness (QED) is 0.733. The standard InChI is InChI=1S/C17H20N6O/c1-3-15-18-13-6-4-5-7-14(13)23(15)11-17(24)21-8-9-22-12(2)19-20-16(22)10-21/h4-7H,3,8-11H2,1-2H3. The summed E-state index contributed by atoms with van der Waals surface area (Å²) in [5, 5.41) is 8.27. The second kappa shape index (κ2) is 5.74. The Morgan fingerprint density at radius 2 is 2.04 bits per heavy atom. The number of amides is 1. The van der Waals surface area contributed by atoms with Gasteiger partial charge in [-0.1, -0.05) is 19.1 Å². The molecule has 124 valence electrons. The third kappa shape index (κ3) is 2.36. The van der Waals surface area contributed by atoms with Gasteiger partial charge in [0.2, 0.25) is 5.91 Å². The summed E-state index contributed by atoms with van der Waals surface area (Å²) in [6, 6.07) is 7.96. The van der Waals surface area contributed by atoms with E-state index in [0.29, 0.717) is 19.6 Å². The lowest BCUT2D eigenvalue weighted by Crippen LogP contribution is -2.40. The minimum Gasteiger partial charge on any atom is -0.332 e. The maximum Gasteiger partial charge on any atom is 0.243 e. The molecule has 0 bridgehead atoms. The van der Waals surface area contributed by atoms with Crippen LogP contribution in [0.3, 0.4) is 0 Å². The lowest BCUT2D eigenvalue weighted by atomic mass is 10.3. The average molecular weight is 324 g/mol. The number of rotatable bonds is 3. The van der Waals surface area contributed by atoms with Crippen molar-refractivity contribution in [3.05, 3.63) is 41.7 Å². The Kier molecular flexibility index (Phi) is 3.55. The summed E-state index contributed by atoms with van der Waals surface area (Å²) in [6.45, 7) is 6.29. The Bertz CT molecular complexity index is 909. The summed E-state index contributed by atoms with van der Waals surface area (Å²) in [6.07, 6.45) is 0.801. The van der Waals surface area contributed by atoms with Crippen LogP contribution in [0.2, 0.25) is 0 Å². The van der Waals surface area contributed by atoms with E-state index in [1.165, 1.54) is 0 Å². The van der Waals surface area contributed by atoms with Gasteiger partial charge in [-0.3, -0.25) is 4.79 Å². The van der Waals surface area contributed by atoms with Crippen LogP contribution in [0.25, 0.3) is 11.0 Å². The Hall–Kier alpha value is -2.70. The van der Waals surface area contributed by atoms with Crippen molar-refractivity contribution in [1.82, 2.24) is 29.2 Å². The van der Waals surface area contributed by atoms with Crippen molar-refractivity contribution in [2.45, 2.75) is 39.9 Å². The van der Waals surface area contributed by atoms with Crippen molar-refractivity contribution in [2.75, 3.05) is 6.54 Å². The van der Waals surface area contributed by atoms with E-state index in [1.807, 2.05) is 40.7 Å². The largest absolute Gasteiger partial charge is 0.332 e. The molecule has 4 rings (SSSR count). The summed E-state index contributed by atoms with van der Waals surface area (Å²) in [5.74, 6) is 2.81. The molecule has 1 amide bonds. The van der Waals surface area contributed by atoms with Gasteiger partial charge in [-0.05, 0) is 19.1 Å². The van der Waals surface area contributed by atoms with E-state index in [4.69, 9.17) is 0 Å². The molecule has 0 N–H and O–H groups in total. The van der Waals surface area contributed by atoms with Crippen molar-refractivity contribution < 1.29 is 4.79 Å². The zero-order chi connectivity index (χ0) is 16.7. The van der Waals surface area contributed by atoms with Crippen molar-refractivity contribution in [2.24, 2.45) is 0 Å². The predicted octanol–water partition coefficient (Wildman–Crippen LogP) is 1.54. The molecule has 24 heavy (non-hydrogen) atoms. The van der Waals surface area contributed by atoms with E-state index < -0.39 is 0 Å². The zero-order valence-corrected chi connectivity index (χ0v) is 13.9. The third-order valence-electron chi connectivity index (χ3n) is 4.63. The maximum absolute atomic E-state index is 12.8. The van der Waals surface area contributed by atoms with Crippen LogP contribution in [0.4, 0.5) is 0 Å². The van der Waals surface area contributed by atoms with Gasteiger partial charge in [0, 0.05) is 19.5 Å². The molecule has 7 nitrogen and oxygen atoms in total. The van der Waals surface area contributed by atoms with Crippen LogP contribution in [0.15, 0.2) is 24.3 Å². The zero-order valence-electron chi connectivity index (χ0n) is 13.9. The number of carbonyl (C=O) groups excluding carboxylic acids is 1. The summed E-state index contributed by atoms with van der Waals surface area (Å²) >= 11 is 0. The SMILES string of the molecule is CCc1nc2ccccc2n1CC(=O)N1CCn2c(C)nnc2C1. The molecule has 0 aliphatic carbocycles. The van der Waals surface area contributed by atoms with Gasteiger partial charge >= 0.3 is 0 Å². The number of hydrogen-bond acceptors (Lipinski definition) is 4. The molecular formula is C17H20N6O. The number of imidazole rings is 1. The molecule has 3 heterocycles. The van der Waals surface area contributed by atoms with Crippen molar-refractivity contribution >= 4 is 16.9 Å². The molecule has 0 atom stereocenters.